The number of rotatable bonds is 12. The molecule has 7 rings (SSSR count). The average Bonchev–Trinajstić information content (AvgIpc) is 3.27. The highest BCUT2D eigenvalue weighted by Gasteiger charge is 2.51. The van der Waals surface area contributed by atoms with Crippen LogP contribution in [0.25, 0.3) is 28.4 Å². The van der Waals surface area contributed by atoms with E-state index in [0.29, 0.717) is 5.56 Å². The maximum Gasteiger partial charge on any atom is 0.330 e. The lowest BCUT2D eigenvalue weighted by Gasteiger charge is -2.45. The molecule has 22 heteroatoms. The molecule has 0 radical (unpaired) electrons. The highest BCUT2D eigenvalue weighted by molar-refractivity contribution is 5.88. The summed E-state index contributed by atoms with van der Waals surface area (Å²) in [7, 11) is 0. The summed E-state index contributed by atoms with van der Waals surface area (Å²) in [5.74, 6) is -3.08. The zero-order chi connectivity index (χ0) is 46.1. The third kappa shape index (κ3) is 9.64. The van der Waals surface area contributed by atoms with E-state index in [1.807, 2.05) is 0 Å². The molecule has 0 bridgehead atoms. The Hall–Kier alpha value is -5.44. The molecule has 3 fully saturated rings. The lowest BCUT2D eigenvalue weighted by atomic mass is 9.97. The van der Waals surface area contributed by atoms with Crippen LogP contribution in [0.3, 0.4) is 0 Å². The van der Waals surface area contributed by atoms with E-state index in [9.17, 15) is 70.9 Å². The number of phenols is 3. The van der Waals surface area contributed by atoms with Crippen LogP contribution in [0, 0.1) is 0 Å². The van der Waals surface area contributed by atoms with Crippen molar-refractivity contribution >= 4 is 23.0 Å². The first-order valence-corrected chi connectivity index (χ1v) is 19.7. The highest BCUT2D eigenvalue weighted by atomic mass is 16.7. The van der Waals surface area contributed by atoms with E-state index >= 15 is 0 Å². The zero-order valence-corrected chi connectivity index (χ0v) is 33.5. The van der Waals surface area contributed by atoms with Crippen LogP contribution in [0.2, 0.25) is 0 Å². The Morgan fingerprint density at radius 3 is 1.92 bits per heavy atom. The normalized spacial score (nSPS) is 33.2. The summed E-state index contributed by atoms with van der Waals surface area (Å²) in [5, 5.41) is 125. The molecule has 0 spiro atoms. The Kier molecular flexibility index (Phi) is 14.1. The second-order valence-electron chi connectivity index (χ2n) is 15.2. The van der Waals surface area contributed by atoms with Gasteiger partial charge in [-0.05, 0) is 55.0 Å². The van der Waals surface area contributed by atoms with Gasteiger partial charge in [-0.2, -0.15) is 0 Å². The van der Waals surface area contributed by atoms with Crippen LogP contribution in [0.15, 0.2) is 76.0 Å². The number of aliphatic hydroxyl groups excluding tert-OH is 9. The molecule has 1 aromatic heterocycles. The quantitative estimate of drug-likeness (QED) is 0.0543. The van der Waals surface area contributed by atoms with Gasteiger partial charge in [0.1, 0.15) is 108 Å². The lowest BCUT2D eigenvalue weighted by molar-refractivity contribution is -0.348. The van der Waals surface area contributed by atoms with Gasteiger partial charge in [-0.15, -0.1) is 0 Å². The van der Waals surface area contributed by atoms with E-state index in [1.165, 1.54) is 49.4 Å². The maximum absolute atomic E-state index is 14.2. The fourth-order valence-electron chi connectivity index (χ4n) is 7.23. The summed E-state index contributed by atoms with van der Waals surface area (Å²) in [6.07, 6.45) is -23.1. The van der Waals surface area contributed by atoms with Crippen molar-refractivity contribution in [3.63, 3.8) is 0 Å². The molecule has 12 N–H and O–H groups in total. The smallest absolute Gasteiger partial charge is 0.330 e. The predicted octanol–water partition coefficient (Wildman–Crippen LogP) is -1.95. The maximum atomic E-state index is 14.2. The Labute approximate surface area is 361 Å². The second kappa shape index (κ2) is 19.3. The van der Waals surface area contributed by atoms with Gasteiger partial charge in [0.2, 0.25) is 23.8 Å². The number of benzene rings is 3. The molecular formula is C42H46O22. The predicted molar refractivity (Wildman–Crippen MR) is 212 cm³/mol. The van der Waals surface area contributed by atoms with Crippen molar-refractivity contribution in [2.75, 3.05) is 13.2 Å². The van der Waals surface area contributed by atoms with Crippen molar-refractivity contribution < 1.29 is 104 Å². The SMILES string of the molecule is C[C@@H]1O[C@@H](Oc2c(-c3ccc(O)cc3)oc3cc(O[C@@H]4O[C@H](COC(=O)C=Cc5ccc(O)cc5)[C@H](O)[C@H](O)[C@H]4O)cc(O)c3c2=O)[C@H](O)[C@H](O)[C@H]1O[C@@H]1O[C@H](CO)[C@H](O)[C@H](O)[C@H]1O. The van der Waals surface area contributed by atoms with Gasteiger partial charge in [0.05, 0.1) is 12.7 Å². The molecule has 64 heavy (non-hydrogen) atoms. The van der Waals surface area contributed by atoms with Crippen LogP contribution >= 0.6 is 0 Å². The van der Waals surface area contributed by atoms with Crippen molar-refractivity contribution in [3.8, 4) is 40.1 Å². The summed E-state index contributed by atoms with van der Waals surface area (Å²) in [6, 6.07) is 13.1. The molecule has 3 aliphatic heterocycles. The number of hydrogen-bond acceptors (Lipinski definition) is 22. The molecule has 0 amide bonds. The standard InChI is InChI=1S/C42H46O22/c1-16-37(63-42-35(55)31(51)28(48)24(14-43)61-42)33(53)36(56)40(58-16)64-39-30(50)27-22(46)12-21(13-23(27)60-38(39)18-5-9-20(45)10-6-18)59-41-34(54)32(52)29(49)25(62-41)15-57-26(47)11-4-17-2-7-19(44)8-3-17/h2-13,16,24-25,28-29,31-37,40-46,48-49,51-56H,14-15H2,1H3/t16-,24+,25+,28-,29-,31-,32-,33-,34+,35+,36+,37-,40-,41+,42-/m0/s1. The number of fused-ring (bicyclic) bond motifs is 1. The van der Waals surface area contributed by atoms with E-state index in [4.69, 9.17) is 37.6 Å². The van der Waals surface area contributed by atoms with Crippen LogP contribution in [0.1, 0.15) is 12.5 Å². The monoisotopic (exact) mass is 902 g/mol. The number of aromatic hydroxyl groups is 3. The number of phenolic OH excluding ortho intramolecular Hbond substituents is 3. The van der Waals surface area contributed by atoms with E-state index in [0.717, 1.165) is 18.2 Å². The van der Waals surface area contributed by atoms with E-state index in [-0.39, 0.29) is 34.2 Å². The summed E-state index contributed by atoms with van der Waals surface area (Å²) in [4.78, 5) is 26.6. The molecule has 0 unspecified atom stereocenters. The van der Waals surface area contributed by atoms with Crippen LogP contribution in [0.5, 0.6) is 28.7 Å². The van der Waals surface area contributed by atoms with Crippen LogP contribution in [-0.2, 0) is 28.5 Å². The molecule has 0 aliphatic carbocycles. The summed E-state index contributed by atoms with van der Waals surface area (Å²) in [6.45, 7) is 0.000572. The number of aliphatic hydroxyl groups is 9. The van der Waals surface area contributed by atoms with Crippen LogP contribution in [0.4, 0.5) is 0 Å². The summed E-state index contributed by atoms with van der Waals surface area (Å²) in [5.41, 5.74) is -0.716. The van der Waals surface area contributed by atoms with Gasteiger partial charge < -0.3 is 98.9 Å². The minimum absolute atomic E-state index is 0.0237. The van der Waals surface area contributed by atoms with Crippen molar-refractivity contribution in [3.05, 3.63) is 82.5 Å². The first kappa shape index (κ1) is 46.5. The van der Waals surface area contributed by atoms with Crippen molar-refractivity contribution in [2.45, 2.75) is 99.0 Å². The largest absolute Gasteiger partial charge is 0.508 e. The van der Waals surface area contributed by atoms with Gasteiger partial charge in [-0.3, -0.25) is 4.79 Å². The molecule has 4 aromatic rings. The van der Waals surface area contributed by atoms with Crippen LogP contribution in [-0.4, -0.2) is 173 Å². The molecule has 3 saturated heterocycles. The Bertz CT molecular complexity index is 2330. The fourth-order valence-corrected chi connectivity index (χ4v) is 7.23. The van der Waals surface area contributed by atoms with Gasteiger partial charge in [0.15, 0.2) is 12.1 Å². The van der Waals surface area contributed by atoms with Crippen molar-refractivity contribution in [1.29, 1.82) is 0 Å². The minimum Gasteiger partial charge on any atom is -0.508 e. The zero-order valence-electron chi connectivity index (χ0n) is 33.5. The molecule has 15 atom stereocenters. The first-order valence-electron chi connectivity index (χ1n) is 19.7. The third-order valence-electron chi connectivity index (χ3n) is 10.8. The molecule has 3 aliphatic rings. The number of carbonyl (C=O) groups excluding carboxylic acids is 1. The number of hydrogen-bond donors (Lipinski definition) is 12. The van der Waals surface area contributed by atoms with E-state index in [2.05, 4.69) is 0 Å². The number of esters is 1. The number of carbonyl (C=O) groups is 1. The Morgan fingerprint density at radius 1 is 0.688 bits per heavy atom. The molecule has 346 valence electrons. The Morgan fingerprint density at radius 2 is 1.27 bits per heavy atom. The fraction of sp³-hybridized carbons (Fsp3) is 0.429. The van der Waals surface area contributed by atoms with Crippen LogP contribution < -0.4 is 14.9 Å². The minimum atomic E-state index is -2.00. The van der Waals surface area contributed by atoms with E-state index < -0.39 is 134 Å². The van der Waals surface area contributed by atoms with Gasteiger partial charge in [0.25, 0.3) is 0 Å². The summed E-state index contributed by atoms with van der Waals surface area (Å²) >= 11 is 0. The molecule has 0 saturated carbocycles. The van der Waals surface area contributed by atoms with Gasteiger partial charge in [-0.25, -0.2) is 4.79 Å². The van der Waals surface area contributed by atoms with Crippen molar-refractivity contribution in [1.82, 2.24) is 0 Å². The molecule has 3 aromatic carbocycles. The van der Waals surface area contributed by atoms with Gasteiger partial charge in [-0.1, -0.05) is 12.1 Å². The molecule has 22 nitrogen and oxygen atoms in total. The highest BCUT2D eigenvalue weighted by Crippen LogP contribution is 2.39. The third-order valence-corrected chi connectivity index (χ3v) is 10.8. The second-order valence-corrected chi connectivity index (χ2v) is 15.2. The molecular weight excluding hydrogens is 856 g/mol. The van der Waals surface area contributed by atoms with E-state index in [1.54, 1.807) is 12.1 Å². The average molecular weight is 903 g/mol. The topological polar surface area (TPSA) is 355 Å². The lowest BCUT2D eigenvalue weighted by Crippen LogP contribution is -2.64. The van der Waals surface area contributed by atoms with Gasteiger partial charge in [0, 0.05) is 23.8 Å². The molecule has 4 heterocycles. The van der Waals surface area contributed by atoms with Crippen molar-refractivity contribution in [2.24, 2.45) is 0 Å². The Balaban J connectivity index is 1.11. The first-order chi connectivity index (χ1) is 30.4. The number of ether oxygens (including phenoxy) is 7. The summed E-state index contributed by atoms with van der Waals surface area (Å²) < 4.78 is 45.3. The van der Waals surface area contributed by atoms with Gasteiger partial charge >= 0.3 is 5.97 Å².